The highest BCUT2D eigenvalue weighted by atomic mass is 19.4. The molecule has 0 aromatic carbocycles. The zero-order valence-corrected chi connectivity index (χ0v) is 10.6. The summed E-state index contributed by atoms with van der Waals surface area (Å²) in [6, 6.07) is 0.516. The van der Waals surface area contributed by atoms with Crippen molar-refractivity contribution in [2.24, 2.45) is 11.7 Å². The third kappa shape index (κ3) is 5.25. The third-order valence-corrected chi connectivity index (χ3v) is 3.71. The van der Waals surface area contributed by atoms with Gasteiger partial charge in [-0.15, -0.1) is 0 Å². The van der Waals surface area contributed by atoms with Crippen molar-refractivity contribution in [1.29, 1.82) is 0 Å². The topological polar surface area (TPSA) is 29.3 Å². The Kier molecular flexibility index (Phi) is 5.25. The number of nitrogens with zero attached hydrogens (tertiary/aromatic N) is 1. The van der Waals surface area contributed by atoms with E-state index in [1.807, 2.05) is 14.0 Å². The van der Waals surface area contributed by atoms with E-state index in [4.69, 9.17) is 5.73 Å². The Bertz CT molecular complexity index is 226. The van der Waals surface area contributed by atoms with Gasteiger partial charge in [0.1, 0.15) is 0 Å². The molecule has 0 aromatic rings. The van der Waals surface area contributed by atoms with Crippen LogP contribution in [0.4, 0.5) is 13.2 Å². The summed E-state index contributed by atoms with van der Waals surface area (Å²) in [7, 11) is 1.98. The van der Waals surface area contributed by atoms with Crippen molar-refractivity contribution in [3.05, 3.63) is 0 Å². The summed E-state index contributed by atoms with van der Waals surface area (Å²) < 4.78 is 36.1. The van der Waals surface area contributed by atoms with Crippen LogP contribution >= 0.6 is 0 Å². The summed E-state index contributed by atoms with van der Waals surface area (Å²) in [6.07, 6.45) is -1.50. The van der Waals surface area contributed by atoms with E-state index in [-0.39, 0.29) is 12.5 Å². The summed E-state index contributed by atoms with van der Waals surface area (Å²) in [5.41, 5.74) is 5.73. The normalized spacial score (nSPS) is 20.6. The van der Waals surface area contributed by atoms with Gasteiger partial charge in [0, 0.05) is 25.0 Å². The van der Waals surface area contributed by atoms with Crippen LogP contribution in [-0.4, -0.2) is 36.8 Å². The molecular formula is C12H23F3N2. The molecule has 102 valence electrons. The smallest absolute Gasteiger partial charge is 0.329 e. The number of likely N-dealkylation sites (N-methyl/N-ethyl adjacent to an activating group) is 1. The monoisotopic (exact) mass is 252 g/mol. The van der Waals surface area contributed by atoms with E-state index in [0.717, 1.165) is 0 Å². The first-order valence-electron chi connectivity index (χ1n) is 6.34. The predicted molar refractivity (Wildman–Crippen MR) is 62.7 cm³/mol. The largest absolute Gasteiger partial charge is 0.389 e. The van der Waals surface area contributed by atoms with Gasteiger partial charge in [0.25, 0.3) is 0 Å². The number of rotatable bonds is 7. The lowest BCUT2D eigenvalue weighted by Gasteiger charge is -2.32. The highest BCUT2D eigenvalue weighted by molar-refractivity contribution is 4.89. The summed E-state index contributed by atoms with van der Waals surface area (Å²) in [6.45, 7) is 2.59. The molecule has 0 aliphatic heterocycles. The maximum absolute atomic E-state index is 12.0. The first kappa shape index (κ1) is 14.8. The van der Waals surface area contributed by atoms with Gasteiger partial charge in [-0.3, -0.25) is 4.90 Å². The van der Waals surface area contributed by atoms with Crippen LogP contribution in [-0.2, 0) is 0 Å². The van der Waals surface area contributed by atoms with Crippen LogP contribution in [0.5, 0.6) is 0 Å². The molecule has 0 amide bonds. The number of hydrogen-bond donors (Lipinski definition) is 1. The standard InChI is InChI=1S/C12H23F3N2/c1-9(4-3-7-12(13,14)15)17(2)11(8-16)10-5-6-10/h9-11H,3-8,16H2,1-2H3. The van der Waals surface area contributed by atoms with Gasteiger partial charge in [-0.2, -0.15) is 13.2 Å². The molecule has 2 nitrogen and oxygen atoms in total. The maximum atomic E-state index is 12.0. The van der Waals surface area contributed by atoms with Crippen LogP contribution in [0.3, 0.4) is 0 Å². The second-order valence-electron chi connectivity index (χ2n) is 5.16. The average molecular weight is 252 g/mol. The minimum atomic E-state index is -4.03. The zero-order valence-electron chi connectivity index (χ0n) is 10.6. The minimum absolute atomic E-state index is 0.173. The Morgan fingerprint density at radius 2 is 1.94 bits per heavy atom. The van der Waals surface area contributed by atoms with Crippen molar-refractivity contribution < 1.29 is 13.2 Å². The van der Waals surface area contributed by atoms with E-state index in [9.17, 15) is 13.2 Å². The average Bonchev–Trinajstić information content (AvgIpc) is 3.00. The molecule has 0 bridgehead atoms. The van der Waals surface area contributed by atoms with Crippen LogP contribution in [0.15, 0.2) is 0 Å². The molecule has 1 saturated carbocycles. The summed E-state index contributed by atoms with van der Waals surface area (Å²) in [5, 5.41) is 0. The van der Waals surface area contributed by atoms with E-state index in [2.05, 4.69) is 4.90 Å². The Morgan fingerprint density at radius 3 is 2.35 bits per heavy atom. The minimum Gasteiger partial charge on any atom is -0.329 e. The Labute approximate surface area is 101 Å². The van der Waals surface area contributed by atoms with Crippen molar-refractivity contribution in [2.75, 3.05) is 13.6 Å². The lowest BCUT2D eigenvalue weighted by Crippen LogP contribution is -2.44. The lowest BCUT2D eigenvalue weighted by molar-refractivity contribution is -0.136. The van der Waals surface area contributed by atoms with Gasteiger partial charge >= 0.3 is 6.18 Å². The molecule has 1 rings (SSSR count). The van der Waals surface area contributed by atoms with Crippen molar-refractivity contribution >= 4 is 0 Å². The quantitative estimate of drug-likeness (QED) is 0.755. The number of nitrogens with two attached hydrogens (primary N) is 1. The molecule has 2 atom stereocenters. The molecule has 0 spiro atoms. The Morgan fingerprint density at radius 1 is 1.35 bits per heavy atom. The Hall–Kier alpha value is -0.290. The van der Waals surface area contributed by atoms with E-state index in [1.54, 1.807) is 0 Å². The van der Waals surface area contributed by atoms with Crippen molar-refractivity contribution in [3.63, 3.8) is 0 Å². The molecular weight excluding hydrogens is 229 g/mol. The van der Waals surface area contributed by atoms with Gasteiger partial charge in [0.15, 0.2) is 0 Å². The van der Waals surface area contributed by atoms with E-state index >= 15 is 0 Å². The molecule has 1 aliphatic carbocycles. The third-order valence-electron chi connectivity index (χ3n) is 3.71. The maximum Gasteiger partial charge on any atom is 0.389 e. The SMILES string of the molecule is CC(CCCC(F)(F)F)N(C)C(CN)C1CC1. The van der Waals surface area contributed by atoms with E-state index in [1.165, 1.54) is 12.8 Å². The molecule has 2 N–H and O–H groups in total. The van der Waals surface area contributed by atoms with Crippen LogP contribution in [0.2, 0.25) is 0 Å². The molecule has 0 heterocycles. The fourth-order valence-corrected chi connectivity index (χ4v) is 2.30. The van der Waals surface area contributed by atoms with Gasteiger partial charge in [-0.1, -0.05) is 0 Å². The molecule has 17 heavy (non-hydrogen) atoms. The van der Waals surface area contributed by atoms with Crippen molar-refractivity contribution in [2.45, 2.75) is 57.3 Å². The van der Waals surface area contributed by atoms with Gasteiger partial charge < -0.3 is 5.73 Å². The highest BCUT2D eigenvalue weighted by Crippen LogP contribution is 2.35. The molecule has 5 heteroatoms. The molecule has 1 aliphatic rings. The summed E-state index contributed by atoms with van der Waals surface area (Å²) >= 11 is 0. The predicted octanol–water partition coefficient (Wildman–Crippen LogP) is 2.78. The second kappa shape index (κ2) is 6.05. The lowest BCUT2D eigenvalue weighted by atomic mass is 10.1. The van der Waals surface area contributed by atoms with Gasteiger partial charge in [0.05, 0.1) is 0 Å². The first-order valence-corrected chi connectivity index (χ1v) is 6.34. The van der Waals surface area contributed by atoms with Crippen LogP contribution in [0.1, 0.15) is 39.0 Å². The molecule has 2 unspecified atom stereocenters. The summed E-state index contributed by atoms with van der Waals surface area (Å²) in [4.78, 5) is 2.16. The van der Waals surface area contributed by atoms with E-state index in [0.29, 0.717) is 24.9 Å². The van der Waals surface area contributed by atoms with E-state index < -0.39 is 12.6 Å². The Balaban J connectivity index is 2.28. The number of alkyl halides is 3. The zero-order chi connectivity index (χ0) is 13.1. The molecule has 0 saturated heterocycles. The molecule has 0 radical (unpaired) electrons. The second-order valence-corrected chi connectivity index (χ2v) is 5.16. The van der Waals surface area contributed by atoms with Crippen LogP contribution < -0.4 is 5.73 Å². The van der Waals surface area contributed by atoms with Crippen molar-refractivity contribution in [1.82, 2.24) is 4.90 Å². The van der Waals surface area contributed by atoms with Crippen LogP contribution in [0.25, 0.3) is 0 Å². The molecule has 0 aromatic heterocycles. The van der Waals surface area contributed by atoms with Crippen molar-refractivity contribution in [3.8, 4) is 0 Å². The van der Waals surface area contributed by atoms with Gasteiger partial charge in [-0.25, -0.2) is 0 Å². The van der Waals surface area contributed by atoms with Gasteiger partial charge in [-0.05, 0) is 45.6 Å². The number of hydrogen-bond acceptors (Lipinski definition) is 2. The molecule has 1 fully saturated rings. The van der Waals surface area contributed by atoms with Gasteiger partial charge in [0.2, 0.25) is 0 Å². The highest BCUT2D eigenvalue weighted by Gasteiger charge is 2.34. The number of halogens is 3. The van der Waals surface area contributed by atoms with Crippen LogP contribution in [0, 0.1) is 5.92 Å². The fourth-order valence-electron chi connectivity index (χ4n) is 2.30. The fraction of sp³-hybridized carbons (Fsp3) is 1.00. The first-order chi connectivity index (χ1) is 7.85. The summed E-state index contributed by atoms with van der Waals surface area (Å²) in [5.74, 6) is 0.662.